The second-order valence-electron chi connectivity index (χ2n) is 4.28. The molecule has 1 rings (SSSR count). The van der Waals surface area contributed by atoms with E-state index >= 15 is 0 Å². The molecule has 0 saturated carbocycles. The Morgan fingerprint density at radius 1 is 1.53 bits per heavy atom. The fourth-order valence-electron chi connectivity index (χ4n) is 1.56. The third kappa shape index (κ3) is 6.14. The summed E-state index contributed by atoms with van der Waals surface area (Å²) >= 11 is 1.67. The van der Waals surface area contributed by atoms with Crippen molar-refractivity contribution in [2.45, 2.75) is 32.7 Å². The van der Waals surface area contributed by atoms with Gasteiger partial charge in [-0.05, 0) is 13.3 Å². The summed E-state index contributed by atoms with van der Waals surface area (Å²) in [5.74, 6) is 0.186. The highest BCUT2D eigenvalue weighted by molar-refractivity contribution is 7.90. The molecule has 1 atom stereocenters. The Balaban J connectivity index is 2.28. The highest BCUT2D eigenvalue weighted by Gasteiger charge is 2.09. The number of sulfone groups is 1. The lowest BCUT2D eigenvalue weighted by molar-refractivity contribution is 0.561. The summed E-state index contributed by atoms with van der Waals surface area (Å²) in [6.07, 6.45) is 3.09. The van der Waals surface area contributed by atoms with Crippen LogP contribution in [0, 0.1) is 0 Å². The molecule has 0 spiro atoms. The number of hydrogen-bond donors (Lipinski definition) is 1. The van der Waals surface area contributed by atoms with Gasteiger partial charge in [-0.1, -0.05) is 6.92 Å². The van der Waals surface area contributed by atoms with Crippen LogP contribution in [0.4, 0.5) is 0 Å². The maximum Gasteiger partial charge on any atom is 0.148 e. The zero-order valence-electron chi connectivity index (χ0n) is 10.6. The van der Waals surface area contributed by atoms with E-state index in [9.17, 15) is 8.42 Å². The van der Waals surface area contributed by atoms with Gasteiger partial charge in [0.1, 0.15) is 9.84 Å². The molecule has 1 aromatic rings. The smallest absolute Gasteiger partial charge is 0.148 e. The summed E-state index contributed by atoms with van der Waals surface area (Å²) < 4.78 is 22.1. The Hall–Kier alpha value is -0.460. The molecule has 1 heterocycles. The lowest BCUT2D eigenvalue weighted by atomic mass is 10.3. The number of thiazole rings is 1. The number of aromatic nitrogens is 1. The van der Waals surface area contributed by atoms with E-state index in [0.29, 0.717) is 0 Å². The fourth-order valence-corrected chi connectivity index (χ4v) is 3.47. The van der Waals surface area contributed by atoms with Crippen LogP contribution >= 0.6 is 11.3 Å². The third-order valence-corrected chi connectivity index (χ3v) is 4.41. The van der Waals surface area contributed by atoms with Crippen LogP contribution in [0.2, 0.25) is 0 Å². The van der Waals surface area contributed by atoms with E-state index in [4.69, 9.17) is 0 Å². The van der Waals surface area contributed by atoms with Crippen molar-refractivity contribution in [3.8, 4) is 0 Å². The molecule has 0 aliphatic heterocycles. The van der Waals surface area contributed by atoms with E-state index in [2.05, 4.69) is 22.6 Å². The molecule has 0 aliphatic carbocycles. The zero-order chi connectivity index (χ0) is 12.9. The lowest BCUT2D eigenvalue weighted by Crippen LogP contribution is -2.34. The maximum absolute atomic E-state index is 11.1. The van der Waals surface area contributed by atoms with Crippen molar-refractivity contribution in [1.29, 1.82) is 0 Å². The van der Waals surface area contributed by atoms with E-state index in [0.717, 1.165) is 30.1 Å². The predicted molar refractivity (Wildman–Crippen MR) is 72.4 cm³/mol. The maximum atomic E-state index is 11.1. The van der Waals surface area contributed by atoms with Crippen LogP contribution < -0.4 is 5.32 Å². The number of nitrogens with zero attached hydrogens (tertiary/aromatic N) is 1. The molecule has 0 saturated heterocycles. The molecule has 0 unspecified atom stereocenters. The second-order valence-corrected chi connectivity index (χ2v) is 7.41. The molecule has 0 fully saturated rings. The second kappa shape index (κ2) is 6.47. The first kappa shape index (κ1) is 14.6. The molecule has 1 aromatic heterocycles. The summed E-state index contributed by atoms with van der Waals surface area (Å²) in [5.41, 5.74) is 1.13. The number of nitrogens with one attached hydrogen (secondary N) is 1. The van der Waals surface area contributed by atoms with Crippen molar-refractivity contribution < 1.29 is 8.42 Å². The normalized spacial score (nSPS) is 13.8. The van der Waals surface area contributed by atoms with E-state index in [1.807, 2.05) is 6.92 Å². The van der Waals surface area contributed by atoms with Crippen LogP contribution in [0.25, 0.3) is 0 Å². The lowest BCUT2D eigenvalue weighted by Gasteiger charge is -2.11. The van der Waals surface area contributed by atoms with E-state index in [1.165, 1.54) is 6.26 Å². The van der Waals surface area contributed by atoms with Crippen molar-refractivity contribution in [2.75, 3.05) is 18.6 Å². The average molecular weight is 276 g/mol. The molecular weight excluding hydrogens is 256 g/mol. The SMILES string of the molecule is CCc1csc(CCN[C@@H](C)CS(C)(=O)=O)n1. The van der Waals surface area contributed by atoms with Gasteiger partial charge in [-0.2, -0.15) is 0 Å². The Bertz CT molecular complexity index is 440. The molecule has 0 aromatic carbocycles. The minimum Gasteiger partial charge on any atom is -0.313 e. The molecule has 4 nitrogen and oxygen atoms in total. The molecular formula is C11H20N2O2S2. The first-order chi connectivity index (χ1) is 7.90. The van der Waals surface area contributed by atoms with Gasteiger partial charge in [-0.25, -0.2) is 13.4 Å². The van der Waals surface area contributed by atoms with Crippen molar-refractivity contribution >= 4 is 21.2 Å². The number of hydrogen-bond acceptors (Lipinski definition) is 5. The van der Waals surface area contributed by atoms with Crippen LogP contribution in [-0.4, -0.2) is 38.0 Å². The molecule has 6 heteroatoms. The molecule has 1 N–H and O–H groups in total. The van der Waals surface area contributed by atoms with Gasteiger partial charge >= 0.3 is 0 Å². The molecule has 0 aliphatic rings. The standard InChI is InChI=1S/C11H20N2O2S2/c1-4-10-7-16-11(13-10)5-6-12-9(2)8-17(3,14)15/h7,9,12H,4-6,8H2,1-3H3/t9-/m0/s1. The Labute approximate surface area is 107 Å². The molecule has 0 amide bonds. The van der Waals surface area contributed by atoms with E-state index in [-0.39, 0.29) is 11.8 Å². The Morgan fingerprint density at radius 2 is 2.24 bits per heavy atom. The summed E-state index contributed by atoms with van der Waals surface area (Å²) in [7, 11) is -2.89. The van der Waals surface area contributed by atoms with Gasteiger partial charge in [0.25, 0.3) is 0 Å². The van der Waals surface area contributed by atoms with Gasteiger partial charge in [0.05, 0.1) is 16.5 Å². The summed E-state index contributed by atoms with van der Waals surface area (Å²) in [6.45, 7) is 4.75. The highest BCUT2D eigenvalue weighted by Crippen LogP contribution is 2.10. The topological polar surface area (TPSA) is 59.1 Å². The largest absolute Gasteiger partial charge is 0.313 e. The van der Waals surface area contributed by atoms with Gasteiger partial charge in [0.2, 0.25) is 0 Å². The monoisotopic (exact) mass is 276 g/mol. The van der Waals surface area contributed by atoms with Crippen molar-refractivity contribution in [1.82, 2.24) is 10.3 Å². The van der Waals surface area contributed by atoms with Gasteiger partial charge in [0.15, 0.2) is 0 Å². The first-order valence-corrected chi connectivity index (χ1v) is 8.69. The quantitative estimate of drug-likeness (QED) is 0.815. The summed E-state index contributed by atoms with van der Waals surface area (Å²) in [4.78, 5) is 4.46. The average Bonchev–Trinajstić information content (AvgIpc) is 2.63. The Morgan fingerprint density at radius 3 is 2.76 bits per heavy atom. The molecule has 0 bridgehead atoms. The summed E-state index contributed by atoms with van der Waals surface area (Å²) in [5, 5.41) is 6.39. The molecule has 17 heavy (non-hydrogen) atoms. The van der Waals surface area contributed by atoms with Crippen LogP contribution in [0.5, 0.6) is 0 Å². The zero-order valence-corrected chi connectivity index (χ0v) is 12.2. The van der Waals surface area contributed by atoms with Gasteiger partial charge in [0, 0.05) is 30.6 Å². The molecule has 0 radical (unpaired) electrons. The van der Waals surface area contributed by atoms with Gasteiger partial charge < -0.3 is 5.32 Å². The van der Waals surface area contributed by atoms with Crippen LogP contribution in [0.3, 0.4) is 0 Å². The minimum absolute atomic E-state index is 0.00407. The third-order valence-electron chi connectivity index (χ3n) is 2.35. The fraction of sp³-hybridized carbons (Fsp3) is 0.727. The van der Waals surface area contributed by atoms with Crippen LogP contribution in [0.1, 0.15) is 24.5 Å². The van der Waals surface area contributed by atoms with Crippen molar-refractivity contribution in [3.63, 3.8) is 0 Å². The summed E-state index contributed by atoms with van der Waals surface area (Å²) in [6, 6.07) is -0.00407. The first-order valence-electron chi connectivity index (χ1n) is 5.75. The van der Waals surface area contributed by atoms with Gasteiger partial charge in [-0.3, -0.25) is 0 Å². The predicted octanol–water partition coefficient (Wildman–Crippen LogP) is 1.27. The van der Waals surface area contributed by atoms with Crippen molar-refractivity contribution in [3.05, 3.63) is 16.1 Å². The van der Waals surface area contributed by atoms with Crippen LogP contribution in [0.15, 0.2) is 5.38 Å². The molecule has 98 valence electrons. The number of rotatable bonds is 7. The van der Waals surface area contributed by atoms with Crippen molar-refractivity contribution in [2.24, 2.45) is 0 Å². The van der Waals surface area contributed by atoms with E-state index in [1.54, 1.807) is 11.3 Å². The van der Waals surface area contributed by atoms with Gasteiger partial charge in [-0.15, -0.1) is 11.3 Å². The van der Waals surface area contributed by atoms with E-state index < -0.39 is 9.84 Å². The number of aryl methyl sites for hydroxylation is 1. The Kier molecular flexibility index (Phi) is 5.55. The highest BCUT2D eigenvalue weighted by atomic mass is 32.2. The van der Waals surface area contributed by atoms with Crippen LogP contribution in [-0.2, 0) is 22.7 Å². The minimum atomic E-state index is -2.89.